The lowest BCUT2D eigenvalue weighted by molar-refractivity contribution is -0.385. The molecular weight excluding hydrogens is 438 g/mol. The number of nitrogens with two attached hydrogens (primary N) is 1. The van der Waals surface area contributed by atoms with Crippen LogP contribution in [0, 0.1) is 17.0 Å². The minimum absolute atomic E-state index is 0.0415. The van der Waals surface area contributed by atoms with Gasteiger partial charge >= 0.3 is 0 Å². The Kier molecular flexibility index (Phi) is 6.27. The Morgan fingerprint density at radius 1 is 1.22 bits per heavy atom. The minimum atomic E-state index is -4.17. The van der Waals surface area contributed by atoms with Crippen LogP contribution in [0.15, 0.2) is 53.4 Å². The lowest BCUT2D eigenvalue weighted by Crippen LogP contribution is -2.30. The summed E-state index contributed by atoms with van der Waals surface area (Å²) >= 11 is 0. The highest BCUT2D eigenvalue weighted by Crippen LogP contribution is 2.35. The molecule has 3 N–H and O–H groups in total. The molecule has 0 saturated carbocycles. The summed E-state index contributed by atoms with van der Waals surface area (Å²) in [4.78, 5) is 21.9. The van der Waals surface area contributed by atoms with Crippen molar-refractivity contribution >= 4 is 21.6 Å². The van der Waals surface area contributed by atoms with Gasteiger partial charge in [-0.05, 0) is 39.0 Å². The third-order valence-electron chi connectivity index (χ3n) is 4.33. The van der Waals surface area contributed by atoms with Crippen molar-refractivity contribution in [3.8, 4) is 17.3 Å². The molecule has 0 aliphatic carbocycles. The number of hydrogen-bond acceptors (Lipinski definition) is 7. The van der Waals surface area contributed by atoms with Crippen LogP contribution in [0.1, 0.15) is 29.9 Å². The van der Waals surface area contributed by atoms with Gasteiger partial charge in [-0.3, -0.25) is 14.9 Å². The van der Waals surface area contributed by atoms with Crippen LogP contribution in [0.4, 0.5) is 5.69 Å². The van der Waals surface area contributed by atoms with Gasteiger partial charge in [0.1, 0.15) is 10.6 Å². The summed E-state index contributed by atoms with van der Waals surface area (Å²) in [6.07, 6.45) is 0. The van der Waals surface area contributed by atoms with Crippen molar-refractivity contribution in [1.29, 1.82) is 0 Å². The van der Waals surface area contributed by atoms with Crippen molar-refractivity contribution in [2.24, 2.45) is 5.73 Å². The van der Waals surface area contributed by atoms with E-state index in [9.17, 15) is 23.3 Å². The Hall–Kier alpha value is -3.77. The largest absolute Gasteiger partial charge is 0.437 e. The second-order valence-electron chi connectivity index (χ2n) is 7.16. The first-order valence-electron chi connectivity index (χ1n) is 9.44. The summed E-state index contributed by atoms with van der Waals surface area (Å²) in [6, 6.07) is 11.4. The number of carbonyl (C=O) groups is 1. The number of primary amides is 1. The Morgan fingerprint density at radius 3 is 2.44 bits per heavy atom. The van der Waals surface area contributed by atoms with Crippen LogP contribution in [0.3, 0.4) is 0 Å². The van der Waals surface area contributed by atoms with Crippen LogP contribution in [0.25, 0.3) is 5.69 Å². The van der Waals surface area contributed by atoms with Crippen molar-refractivity contribution in [1.82, 2.24) is 14.5 Å². The zero-order chi connectivity index (χ0) is 23.6. The molecular formula is C20H21N5O6S. The summed E-state index contributed by atoms with van der Waals surface area (Å²) in [5.74, 6) is -0.931. The number of hydrogen-bond donors (Lipinski definition) is 2. The second kappa shape index (κ2) is 8.77. The van der Waals surface area contributed by atoms with E-state index in [0.29, 0.717) is 5.69 Å². The van der Waals surface area contributed by atoms with E-state index in [0.717, 1.165) is 12.1 Å². The number of non-ortho nitro benzene ring substituents is 1. The second-order valence-corrected chi connectivity index (χ2v) is 8.84. The molecule has 0 aliphatic heterocycles. The number of amides is 1. The average Bonchev–Trinajstić information content (AvgIpc) is 3.04. The van der Waals surface area contributed by atoms with Gasteiger partial charge in [-0.2, -0.15) is 9.78 Å². The highest BCUT2D eigenvalue weighted by Gasteiger charge is 2.27. The first kappa shape index (κ1) is 22.9. The molecule has 0 atom stereocenters. The molecule has 3 aromatic rings. The van der Waals surface area contributed by atoms with E-state index in [1.807, 2.05) is 0 Å². The summed E-state index contributed by atoms with van der Waals surface area (Å²) in [7, 11) is -4.17. The van der Waals surface area contributed by atoms with Crippen molar-refractivity contribution in [2.45, 2.75) is 31.7 Å². The van der Waals surface area contributed by atoms with Gasteiger partial charge in [-0.1, -0.05) is 18.2 Å². The van der Waals surface area contributed by atoms with Gasteiger partial charge in [-0.15, -0.1) is 0 Å². The monoisotopic (exact) mass is 459 g/mol. The van der Waals surface area contributed by atoms with Gasteiger partial charge in [0, 0.05) is 23.7 Å². The summed E-state index contributed by atoms with van der Waals surface area (Å²) in [5.41, 5.74) is 5.75. The van der Waals surface area contributed by atoms with E-state index in [1.54, 1.807) is 51.1 Å². The van der Waals surface area contributed by atoms with E-state index in [-0.39, 0.29) is 22.9 Å². The molecule has 168 valence electrons. The van der Waals surface area contributed by atoms with E-state index in [2.05, 4.69) is 9.82 Å². The molecule has 11 nitrogen and oxygen atoms in total. The van der Waals surface area contributed by atoms with Gasteiger partial charge in [0.05, 0.1) is 10.6 Å². The number of benzene rings is 2. The first-order chi connectivity index (χ1) is 15.0. The van der Waals surface area contributed by atoms with Crippen LogP contribution >= 0.6 is 0 Å². The minimum Gasteiger partial charge on any atom is -0.437 e. The predicted molar refractivity (Wildman–Crippen MR) is 115 cm³/mol. The molecule has 1 heterocycles. The van der Waals surface area contributed by atoms with Crippen LogP contribution < -0.4 is 15.2 Å². The van der Waals surface area contributed by atoms with Crippen LogP contribution in [0.5, 0.6) is 11.6 Å². The zero-order valence-electron chi connectivity index (χ0n) is 17.5. The topological polar surface area (TPSA) is 159 Å². The number of rotatable bonds is 8. The molecule has 3 rings (SSSR count). The fourth-order valence-electron chi connectivity index (χ4n) is 2.96. The van der Waals surface area contributed by atoms with Gasteiger partial charge in [0.25, 0.3) is 11.6 Å². The van der Waals surface area contributed by atoms with Crippen LogP contribution in [0.2, 0.25) is 0 Å². The van der Waals surface area contributed by atoms with Gasteiger partial charge in [0.15, 0.2) is 5.69 Å². The number of nitrogens with zero attached hydrogens (tertiary/aromatic N) is 3. The maximum absolute atomic E-state index is 12.9. The molecule has 32 heavy (non-hydrogen) atoms. The van der Waals surface area contributed by atoms with Crippen LogP contribution in [-0.4, -0.2) is 35.1 Å². The number of nitro groups is 1. The van der Waals surface area contributed by atoms with E-state index >= 15 is 0 Å². The third-order valence-corrected chi connectivity index (χ3v) is 6.01. The molecule has 0 aliphatic rings. The molecule has 0 fully saturated rings. The summed E-state index contributed by atoms with van der Waals surface area (Å²) in [6.45, 7) is 4.78. The van der Waals surface area contributed by atoms with Crippen molar-refractivity contribution in [3.05, 3.63) is 69.9 Å². The number of aromatic nitrogens is 2. The summed E-state index contributed by atoms with van der Waals surface area (Å²) < 4.78 is 35.3. The van der Waals surface area contributed by atoms with Gasteiger partial charge in [-0.25, -0.2) is 13.1 Å². The molecule has 0 radical (unpaired) electrons. The maximum atomic E-state index is 12.9. The normalized spacial score (nSPS) is 11.5. The lowest BCUT2D eigenvalue weighted by Gasteiger charge is -2.15. The Bertz CT molecular complexity index is 1290. The van der Waals surface area contributed by atoms with Crippen molar-refractivity contribution in [3.63, 3.8) is 0 Å². The maximum Gasteiger partial charge on any atom is 0.271 e. The van der Waals surface area contributed by atoms with Gasteiger partial charge in [0.2, 0.25) is 15.9 Å². The number of ether oxygens (including phenoxy) is 1. The number of sulfonamides is 1. The molecule has 0 saturated heterocycles. The number of carbonyl (C=O) groups excluding carboxylic acids is 1. The number of para-hydroxylation sites is 1. The van der Waals surface area contributed by atoms with Gasteiger partial charge < -0.3 is 10.5 Å². The van der Waals surface area contributed by atoms with E-state index < -0.39 is 37.5 Å². The molecule has 1 aromatic heterocycles. The lowest BCUT2D eigenvalue weighted by atomic mass is 10.2. The molecule has 1 amide bonds. The SMILES string of the molecule is Cc1c(C(N)=O)nn(-c2ccccc2)c1Oc1ccc([N+](=O)[O-])cc1S(=O)(=O)NC(C)C. The fraction of sp³-hybridized carbons (Fsp3) is 0.200. The first-order valence-corrected chi connectivity index (χ1v) is 10.9. The standard InChI is InChI=1S/C20H21N5O6S/c1-12(2)23-32(29,30)17-11-15(25(27)28)9-10-16(17)31-20-13(3)18(19(21)26)22-24(20)14-7-5-4-6-8-14/h4-12,23H,1-3H3,(H2,21,26). The quantitative estimate of drug-likeness (QED) is 0.387. The number of nitrogens with one attached hydrogen (secondary N) is 1. The molecule has 0 unspecified atom stereocenters. The summed E-state index contributed by atoms with van der Waals surface area (Å²) in [5, 5.41) is 15.4. The zero-order valence-corrected chi connectivity index (χ0v) is 18.3. The number of nitro benzene ring substituents is 1. The Labute approximate surface area is 184 Å². The van der Waals surface area contributed by atoms with E-state index in [4.69, 9.17) is 10.5 Å². The Balaban J connectivity index is 2.21. The highest BCUT2D eigenvalue weighted by molar-refractivity contribution is 7.89. The molecule has 0 bridgehead atoms. The smallest absolute Gasteiger partial charge is 0.271 e. The third kappa shape index (κ3) is 4.60. The molecule has 2 aromatic carbocycles. The molecule has 12 heteroatoms. The van der Waals surface area contributed by atoms with Crippen LogP contribution in [-0.2, 0) is 10.0 Å². The fourth-order valence-corrected chi connectivity index (χ4v) is 4.36. The average molecular weight is 459 g/mol. The Morgan fingerprint density at radius 2 is 1.88 bits per heavy atom. The predicted octanol–water partition coefficient (Wildman–Crippen LogP) is 2.67. The van der Waals surface area contributed by atoms with Crippen molar-refractivity contribution in [2.75, 3.05) is 0 Å². The molecule has 0 spiro atoms. The van der Waals surface area contributed by atoms with E-state index in [1.165, 1.54) is 10.7 Å². The highest BCUT2D eigenvalue weighted by atomic mass is 32.2. The van der Waals surface area contributed by atoms with Crippen molar-refractivity contribution < 1.29 is 22.9 Å².